The van der Waals surface area contributed by atoms with Crippen LogP contribution in [0.2, 0.25) is 0 Å². The van der Waals surface area contributed by atoms with Crippen LogP contribution in [0.1, 0.15) is 41.4 Å². The predicted octanol–water partition coefficient (Wildman–Crippen LogP) is 5.43. The zero-order valence-corrected chi connectivity index (χ0v) is 16.9. The molecule has 6 nitrogen and oxygen atoms in total. The van der Waals surface area contributed by atoms with Gasteiger partial charge in [0.15, 0.2) is 12.1 Å². The summed E-state index contributed by atoms with van der Waals surface area (Å²) in [6.07, 6.45) is 1.28. The van der Waals surface area contributed by atoms with E-state index in [1.54, 1.807) is 6.07 Å². The van der Waals surface area contributed by atoms with Crippen LogP contribution in [0.3, 0.4) is 0 Å². The zero-order valence-electron chi connectivity index (χ0n) is 16.9. The van der Waals surface area contributed by atoms with Crippen LogP contribution >= 0.6 is 0 Å². The van der Waals surface area contributed by atoms with E-state index in [-0.39, 0.29) is 34.5 Å². The van der Waals surface area contributed by atoms with Gasteiger partial charge in [-0.25, -0.2) is 23.7 Å². The number of nitrogens with one attached hydrogen (secondary N) is 2. The third-order valence-electron chi connectivity index (χ3n) is 4.94. The van der Waals surface area contributed by atoms with Gasteiger partial charge in [0.05, 0.1) is 17.3 Å². The number of fused-ring (bicyclic) bond motifs is 1. The van der Waals surface area contributed by atoms with Crippen LogP contribution in [0.25, 0.3) is 22.2 Å². The number of H-pyrrole nitrogens is 1. The van der Waals surface area contributed by atoms with Crippen molar-refractivity contribution in [1.82, 2.24) is 19.9 Å². The average Bonchev–Trinajstić information content (AvgIpc) is 3.06. The molecule has 0 aliphatic carbocycles. The molecule has 3 heterocycles. The monoisotopic (exact) mass is 425 g/mol. The highest BCUT2D eigenvalue weighted by Crippen LogP contribution is 2.34. The molecule has 0 bridgehead atoms. The van der Waals surface area contributed by atoms with Crippen molar-refractivity contribution in [3.8, 4) is 11.3 Å². The SMILES string of the molecule is Cc1[nH]c2c(F)cc(-c3nc(Nc4ccc(C=O)c(F)n4)ncc3F)cc2c1C(C)C. The number of aryl methyl sites for hydroxylation is 1. The first-order chi connectivity index (χ1) is 14.8. The number of benzene rings is 1. The molecule has 1 aromatic carbocycles. The molecule has 0 amide bonds. The Balaban J connectivity index is 1.78. The van der Waals surface area contributed by atoms with Gasteiger partial charge in [0, 0.05) is 16.6 Å². The maximum absolute atomic E-state index is 14.8. The number of aromatic nitrogens is 4. The quantitative estimate of drug-likeness (QED) is 0.329. The molecule has 0 unspecified atom stereocenters. The number of nitrogens with zero attached hydrogens (tertiary/aromatic N) is 3. The van der Waals surface area contributed by atoms with E-state index < -0.39 is 17.6 Å². The molecule has 9 heteroatoms. The minimum Gasteiger partial charge on any atom is -0.356 e. The zero-order chi connectivity index (χ0) is 22.3. The molecule has 3 aromatic heterocycles. The Morgan fingerprint density at radius 3 is 2.55 bits per heavy atom. The van der Waals surface area contributed by atoms with Crippen molar-refractivity contribution in [3.63, 3.8) is 0 Å². The lowest BCUT2D eigenvalue weighted by Crippen LogP contribution is -2.04. The molecule has 0 spiro atoms. The number of aromatic amines is 1. The normalized spacial score (nSPS) is 11.3. The third-order valence-corrected chi connectivity index (χ3v) is 4.94. The summed E-state index contributed by atoms with van der Waals surface area (Å²) in [5.41, 5.74) is 2.07. The topological polar surface area (TPSA) is 83.6 Å². The number of hydrogen-bond acceptors (Lipinski definition) is 5. The van der Waals surface area contributed by atoms with Crippen molar-refractivity contribution in [1.29, 1.82) is 0 Å². The minimum absolute atomic E-state index is 0.0330. The second kappa shape index (κ2) is 7.82. The van der Waals surface area contributed by atoms with E-state index in [4.69, 9.17) is 0 Å². The molecule has 0 aliphatic heterocycles. The molecule has 0 saturated heterocycles. The highest BCUT2D eigenvalue weighted by atomic mass is 19.1. The van der Waals surface area contributed by atoms with Crippen molar-refractivity contribution >= 4 is 29.0 Å². The number of carbonyl (C=O) groups excluding carboxylic acids is 1. The molecule has 0 radical (unpaired) electrons. The Bertz CT molecular complexity index is 1320. The van der Waals surface area contributed by atoms with E-state index in [0.29, 0.717) is 17.2 Å². The number of carbonyl (C=O) groups is 1. The van der Waals surface area contributed by atoms with E-state index in [0.717, 1.165) is 17.5 Å². The van der Waals surface area contributed by atoms with Gasteiger partial charge in [0.1, 0.15) is 17.3 Å². The Morgan fingerprint density at radius 2 is 1.87 bits per heavy atom. The Morgan fingerprint density at radius 1 is 1.10 bits per heavy atom. The summed E-state index contributed by atoms with van der Waals surface area (Å²) >= 11 is 0. The van der Waals surface area contributed by atoms with Gasteiger partial charge in [0.2, 0.25) is 11.9 Å². The molecular formula is C22H18F3N5O. The average molecular weight is 425 g/mol. The molecule has 0 aliphatic rings. The van der Waals surface area contributed by atoms with Gasteiger partial charge < -0.3 is 10.3 Å². The van der Waals surface area contributed by atoms with Gasteiger partial charge in [0.25, 0.3) is 0 Å². The van der Waals surface area contributed by atoms with E-state index in [1.807, 2.05) is 20.8 Å². The lowest BCUT2D eigenvalue weighted by molar-refractivity contribution is 0.111. The molecular weight excluding hydrogens is 407 g/mol. The summed E-state index contributed by atoms with van der Waals surface area (Å²) in [6.45, 7) is 5.86. The van der Waals surface area contributed by atoms with Gasteiger partial charge in [-0.1, -0.05) is 13.8 Å². The van der Waals surface area contributed by atoms with Crippen molar-refractivity contribution in [3.05, 3.63) is 64.9 Å². The van der Waals surface area contributed by atoms with Crippen molar-refractivity contribution in [2.75, 3.05) is 5.32 Å². The van der Waals surface area contributed by atoms with E-state index >= 15 is 0 Å². The van der Waals surface area contributed by atoms with Crippen molar-refractivity contribution < 1.29 is 18.0 Å². The molecule has 31 heavy (non-hydrogen) atoms. The molecule has 4 rings (SSSR count). The van der Waals surface area contributed by atoms with Gasteiger partial charge in [-0.15, -0.1) is 0 Å². The molecule has 0 atom stereocenters. The second-order valence-electron chi connectivity index (χ2n) is 7.41. The molecule has 4 aromatic rings. The number of halogens is 3. The molecule has 2 N–H and O–H groups in total. The standard InChI is InChI=1S/C22H18F3N5O/c1-10(2)18-11(3)27-20-14(18)6-13(7-15(20)23)19-16(24)8-26-22(30-19)29-17-5-4-12(9-31)21(25)28-17/h4-10,27H,1-3H3,(H,26,28,29,30). The highest BCUT2D eigenvalue weighted by molar-refractivity contribution is 5.89. The van der Waals surface area contributed by atoms with Gasteiger partial charge >= 0.3 is 0 Å². The van der Waals surface area contributed by atoms with E-state index in [1.165, 1.54) is 18.2 Å². The van der Waals surface area contributed by atoms with Gasteiger partial charge in [-0.2, -0.15) is 4.39 Å². The summed E-state index contributed by atoms with van der Waals surface area (Å²) in [6, 6.07) is 5.49. The van der Waals surface area contributed by atoms with Crippen LogP contribution < -0.4 is 5.32 Å². The number of aldehydes is 1. The number of rotatable bonds is 5. The fourth-order valence-corrected chi connectivity index (χ4v) is 3.63. The Hall–Kier alpha value is -3.75. The molecule has 0 fully saturated rings. The predicted molar refractivity (Wildman–Crippen MR) is 111 cm³/mol. The Labute approximate surface area is 175 Å². The first-order valence-corrected chi connectivity index (χ1v) is 9.51. The lowest BCUT2D eigenvalue weighted by atomic mass is 9.98. The van der Waals surface area contributed by atoms with Gasteiger partial charge in [-0.05, 0) is 42.7 Å². The summed E-state index contributed by atoms with van der Waals surface area (Å²) < 4.78 is 43.1. The largest absolute Gasteiger partial charge is 0.356 e. The fraction of sp³-hybridized carbons (Fsp3) is 0.182. The van der Waals surface area contributed by atoms with Crippen LogP contribution in [0, 0.1) is 24.5 Å². The summed E-state index contributed by atoms with van der Waals surface area (Å²) in [7, 11) is 0. The first kappa shape index (κ1) is 20.5. The second-order valence-corrected chi connectivity index (χ2v) is 7.41. The minimum atomic E-state index is -0.959. The Kier molecular flexibility index (Phi) is 5.18. The van der Waals surface area contributed by atoms with Gasteiger partial charge in [-0.3, -0.25) is 4.79 Å². The molecule has 158 valence electrons. The number of hydrogen-bond donors (Lipinski definition) is 2. The first-order valence-electron chi connectivity index (χ1n) is 9.51. The van der Waals surface area contributed by atoms with Crippen LogP contribution in [-0.4, -0.2) is 26.2 Å². The van der Waals surface area contributed by atoms with Crippen molar-refractivity contribution in [2.45, 2.75) is 26.7 Å². The number of anilines is 2. The maximum Gasteiger partial charge on any atom is 0.229 e. The lowest BCUT2D eigenvalue weighted by Gasteiger charge is -2.09. The maximum atomic E-state index is 14.8. The molecule has 0 saturated carbocycles. The van der Waals surface area contributed by atoms with Crippen molar-refractivity contribution in [2.24, 2.45) is 0 Å². The smallest absolute Gasteiger partial charge is 0.229 e. The third kappa shape index (κ3) is 3.74. The highest BCUT2D eigenvalue weighted by Gasteiger charge is 2.19. The summed E-state index contributed by atoms with van der Waals surface area (Å²) in [4.78, 5) is 25.3. The van der Waals surface area contributed by atoms with Crippen LogP contribution in [0.5, 0.6) is 0 Å². The summed E-state index contributed by atoms with van der Waals surface area (Å²) in [5.74, 6) is -2.12. The van der Waals surface area contributed by atoms with Crippen LogP contribution in [0.15, 0.2) is 30.5 Å². The van der Waals surface area contributed by atoms with E-state index in [9.17, 15) is 18.0 Å². The van der Waals surface area contributed by atoms with Crippen LogP contribution in [0.4, 0.5) is 24.9 Å². The summed E-state index contributed by atoms with van der Waals surface area (Å²) in [5, 5.41) is 3.32. The fourth-order valence-electron chi connectivity index (χ4n) is 3.63. The van der Waals surface area contributed by atoms with Crippen LogP contribution in [-0.2, 0) is 0 Å². The van der Waals surface area contributed by atoms with E-state index in [2.05, 4.69) is 25.3 Å². The number of pyridine rings is 1.